The van der Waals surface area contributed by atoms with Gasteiger partial charge in [-0.1, -0.05) is 35.4 Å². The smallest absolute Gasteiger partial charge is 0.277 e. The Labute approximate surface area is 138 Å². The van der Waals surface area contributed by atoms with Crippen LogP contribution in [0.3, 0.4) is 0 Å². The summed E-state index contributed by atoms with van der Waals surface area (Å²) in [4.78, 5) is 11.6. The number of ether oxygens (including phenoxy) is 1. The number of hydrogen-bond donors (Lipinski definition) is 1. The average Bonchev–Trinajstić information content (AvgIpc) is 2.50. The van der Waals surface area contributed by atoms with Crippen LogP contribution in [0.15, 0.2) is 52.7 Å². The summed E-state index contributed by atoms with van der Waals surface area (Å²) in [5.41, 5.74) is 6.00. The van der Waals surface area contributed by atoms with Crippen LogP contribution in [0.1, 0.15) is 39.2 Å². The molecule has 0 heterocycles. The molecule has 0 aliphatic rings. The number of rotatable bonds is 8. The van der Waals surface area contributed by atoms with Gasteiger partial charge in [-0.25, -0.2) is 5.43 Å². The van der Waals surface area contributed by atoms with Gasteiger partial charge in [-0.3, -0.25) is 4.79 Å². The molecule has 23 heavy (non-hydrogen) atoms. The van der Waals surface area contributed by atoms with Crippen molar-refractivity contribution < 1.29 is 9.53 Å². The van der Waals surface area contributed by atoms with Crippen LogP contribution in [0.5, 0.6) is 5.75 Å². The molecule has 0 aliphatic carbocycles. The molecule has 0 radical (unpaired) electrons. The Balaban J connectivity index is 2.30. The van der Waals surface area contributed by atoms with Crippen LogP contribution in [-0.4, -0.2) is 18.7 Å². The number of amides is 1. The lowest BCUT2D eigenvalue weighted by atomic mass is 10.1. The number of allylic oxidation sites excluding steroid dienone is 4. The van der Waals surface area contributed by atoms with Gasteiger partial charge >= 0.3 is 0 Å². The molecule has 1 aromatic rings. The molecule has 124 valence electrons. The molecule has 4 heteroatoms. The quantitative estimate of drug-likeness (QED) is 0.445. The summed E-state index contributed by atoms with van der Waals surface area (Å²) >= 11 is 0. The van der Waals surface area contributed by atoms with Gasteiger partial charge in [-0.05, 0) is 58.2 Å². The van der Waals surface area contributed by atoms with E-state index in [4.69, 9.17) is 4.74 Å². The predicted octanol–water partition coefficient (Wildman–Crippen LogP) is 4.17. The van der Waals surface area contributed by atoms with Crippen LogP contribution in [0.4, 0.5) is 0 Å². The SMILES string of the molecule is CC(C)=CCCC(C)=CC=NNC(=O)COc1ccccc1C. The molecule has 1 aromatic carbocycles. The van der Waals surface area contributed by atoms with E-state index in [2.05, 4.69) is 30.5 Å². The van der Waals surface area contributed by atoms with Crippen molar-refractivity contribution in [2.45, 2.75) is 40.5 Å². The van der Waals surface area contributed by atoms with E-state index >= 15 is 0 Å². The van der Waals surface area contributed by atoms with Crippen molar-refractivity contribution in [3.05, 3.63) is 53.1 Å². The van der Waals surface area contributed by atoms with Crippen molar-refractivity contribution in [2.75, 3.05) is 6.61 Å². The lowest BCUT2D eigenvalue weighted by molar-refractivity contribution is -0.123. The molecule has 1 amide bonds. The van der Waals surface area contributed by atoms with Gasteiger partial charge in [-0.2, -0.15) is 5.10 Å². The fourth-order valence-corrected chi connectivity index (χ4v) is 1.84. The molecule has 0 atom stereocenters. The third-order valence-electron chi connectivity index (χ3n) is 3.17. The molecule has 0 saturated heterocycles. The summed E-state index contributed by atoms with van der Waals surface area (Å²) in [6.45, 7) is 8.12. The monoisotopic (exact) mass is 314 g/mol. The first-order valence-electron chi connectivity index (χ1n) is 7.78. The first kappa shape index (κ1) is 18.7. The largest absolute Gasteiger partial charge is 0.483 e. The number of hydrogen-bond acceptors (Lipinski definition) is 3. The van der Waals surface area contributed by atoms with E-state index in [1.807, 2.05) is 44.2 Å². The molecule has 1 N–H and O–H groups in total. The summed E-state index contributed by atoms with van der Waals surface area (Å²) in [7, 11) is 0. The lowest BCUT2D eigenvalue weighted by Gasteiger charge is -2.07. The Morgan fingerprint density at radius 3 is 2.70 bits per heavy atom. The third kappa shape index (κ3) is 8.61. The van der Waals surface area contributed by atoms with E-state index in [0.717, 1.165) is 18.4 Å². The van der Waals surface area contributed by atoms with Crippen molar-refractivity contribution in [3.8, 4) is 5.75 Å². The van der Waals surface area contributed by atoms with Crippen LogP contribution in [-0.2, 0) is 4.79 Å². The number of carbonyl (C=O) groups excluding carboxylic acids is 1. The number of nitrogens with one attached hydrogen (secondary N) is 1. The Hall–Kier alpha value is -2.36. The molecule has 4 nitrogen and oxygen atoms in total. The molecule has 0 unspecified atom stereocenters. The van der Waals surface area contributed by atoms with Gasteiger partial charge in [0.25, 0.3) is 5.91 Å². The zero-order chi connectivity index (χ0) is 17.1. The van der Waals surface area contributed by atoms with E-state index in [9.17, 15) is 4.79 Å². The van der Waals surface area contributed by atoms with Gasteiger partial charge < -0.3 is 4.74 Å². The second-order valence-electron chi connectivity index (χ2n) is 5.70. The zero-order valence-corrected chi connectivity index (χ0v) is 14.4. The molecular weight excluding hydrogens is 288 g/mol. The van der Waals surface area contributed by atoms with Crippen molar-refractivity contribution >= 4 is 12.1 Å². The minimum Gasteiger partial charge on any atom is -0.483 e. The van der Waals surface area contributed by atoms with E-state index in [-0.39, 0.29) is 12.5 Å². The maximum Gasteiger partial charge on any atom is 0.277 e. The van der Waals surface area contributed by atoms with E-state index in [0.29, 0.717) is 5.75 Å². The van der Waals surface area contributed by atoms with E-state index < -0.39 is 0 Å². The summed E-state index contributed by atoms with van der Waals surface area (Å²) in [6.07, 6.45) is 7.72. The van der Waals surface area contributed by atoms with Crippen LogP contribution in [0.25, 0.3) is 0 Å². The van der Waals surface area contributed by atoms with Gasteiger partial charge in [0.05, 0.1) is 0 Å². The second-order valence-corrected chi connectivity index (χ2v) is 5.70. The molecule has 1 rings (SSSR count). The highest BCUT2D eigenvalue weighted by Crippen LogP contribution is 2.15. The number of nitrogens with zero attached hydrogens (tertiary/aromatic N) is 1. The van der Waals surface area contributed by atoms with Gasteiger partial charge in [-0.15, -0.1) is 0 Å². The molecule has 0 spiro atoms. The summed E-state index contributed by atoms with van der Waals surface area (Å²) in [5, 5.41) is 3.89. The summed E-state index contributed by atoms with van der Waals surface area (Å²) in [5.74, 6) is 0.432. The van der Waals surface area contributed by atoms with Crippen molar-refractivity contribution in [1.29, 1.82) is 0 Å². The summed E-state index contributed by atoms with van der Waals surface area (Å²) < 4.78 is 5.44. The number of para-hydroxylation sites is 1. The minimum atomic E-state index is -0.278. The molecule has 0 bridgehead atoms. The Morgan fingerprint density at radius 2 is 2.00 bits per heavy atom. The van der Waals surface area contributed by atoms with Gasteiger partial charge in [0.15, 0.2) is 6.61 Å². The molecule has 0 saturated carbocycles. The fraction of sp³-hybridized carbons (Fsp3) is 0.368. The molecule has 0 aromatic heterocycles. The zero-order valence-electron chi connectivity index (χ0n) is 14.4. The number of aryl methyl sites for hydroxylation is 1. The average molecular weight is 314 g/mol. The number of benzene rings is 1. The highest BCUT2D eigenvalue weighted by molar-refractivity contribution is 5.79. The Kier molecular flexibility index (Phi) is 8.43. The maximum atomic E-state index is 11.6. The van der Waals surface area contributed by atoms with Crippen molar-refractivity contribution in [1.82, 2.24) is 5.43 Å². The van der Waals surface area contributed by atoms with Crippen molar-refractivity contribution in [2.24, 2.45) is 5.10 Å². The van der Waals surface area contributed by atoms with Crippen LogP contribution in [0, 0.1) is 6.92 Å². The highest BCUT2D eigenvalue weighted by atomic mass is 16.5. The summed E-state index contributed by atoms with van der Waals surface area (Å²) in [6, 6.07) is 7.58. The molecular formula is C19H26N2O2. The first-order chi connectivity index (χ1) is 11.0. The molecule has 0 aliphatic heterocycles. The Bertz CT molecular complexity index is 597. The van der Waals surface area contributed by atoms with Crippen LogP contribution in [0.2, 0.25) is 0 Å². The van der Waals surface area contributed by atoms with Gasteiger partial charge in [0.1, 0.15) is 5.75 Å². The normalized spacial score (nSPS) is 11.4. The fourth-order valence-electron chi connectivity index (χ4n) is 1.84. The first-order valence-corrected chi connectivity index (χ1v) is 7.78. The minimum absolute atomic E-state index is 0.0501. The number of carbonyl (C=O) groups is 1. The Morgan fingerprint density at radius 1 is 1.26 bits per heavy atom. The third-order valence-corrected chi connectivity index (χ3v) is 3.17. The van der Waals surface area contributed by atoms with E-state index in [1.165, 1.54) is 11.1 Å². The maximum absolute atomic E-state index is 11.6. The lowest BCUT2D eigenvalue weighted by Crippen LogP contribution is -2.24. The van der Waals surface area contributed by atoms with Crippen molar-refractivity contribution in [3.63, 3.8) is 0 Å². The highest BCUT2D eigenvalue weighted by Gasteiger charge is 2.02. The molecule has 0 fully saturated rings. The predicted molar refractivity (Wildman–Crippen MR) is 95.7 cm³/mol. The van der Waals surface area contributed by atoms with Gasteiger partial charge in [0, 0.05) is 6.21 Å². The topological polar surface area (TPSA) is 50.7 Å². The number of hydrazone groups is 1. The second kappa shape index (κ2) is 10.4. The van der Waals surface area contributed by atoms with E-state index in [1.54, 1.807) is 6.21 Å². The standard InChI is InChI=1S/C19H26N2O2/c1-15(2)8-7-9-16(3)12-13-20-21-19(22)14-23-18-11-6-5-10-17(18)4/h5-6,8,10-13H,7,9,14H2,1-4H3,(H,21,22). The van der Waals surface area contributed by atoms with Crippen LogP contribution >= 0.6 is 0 Å². The van der Waals surface area contributed by atoms with Crippen LogP contribution < -0.4 is 10.2 Å². The van der Waals surface area contributed by atoms with Gasteiger partial charge in [0.2, 0.25) is 0 Å².